The first-order valence-corrected chi connectivity index (χ1v) is 5.52. The maximum absolute atomic E-state index is 11.1. The number of hydrogen-bond donors (Lipinski definition) is 2. The highest BCUT2D eigenvalue weighted by molar-refractivity contribution is 6.33. The average Bonchev–Trinajstić information content (AvgIpc) is 2.98. The van der Waals surface area contributed by atoms with E-state index in [0.717, 1.165) is 0 Å². The third kappa shape index (κ3) is 2.44. The Morgan fingerprint density at radius 1 is 1.65 bits per heavy atom. The van der Waals surface area contributed by atoms with Gasteiger partial charge in [0, 0.05) is 0 Å². The second kappa shape index (κ2) is 5.22. The van der Waals surface area contributed by atoms with E-state index in [-0.39, 0.29) is 23.3 Å². The number of nitrogens with one attached hydrogen (secondary N) is 1. The van der Waals surface area contributed by atoms with Gasteiger partial charge < -0.3 is 14.6 Å². The lowest BCUT2D eigenvalue weighted by Crippen LogP contribution is -2.30. The molecule has 0 aliphatic carbocycles. The monoisotopic (exact) mass is 301 g/mol. The third-order valence-corrected chi connectivity index (χ3v) is 2.82. The van der Waals surface area contributed by atoms with E-state index in [4.69, 9.17) is 17.4 Å². The molecule has 0 saturated carbocycles. The lowest BCUT2D eigenvalue weighted by molar-refractivity contribution is -0.389. The van der Waals surface area contributed by atoms with Crippen LogP contribution in [0.2, 0.25) is 5.02 Å². The number of nitrogens with two attached hydrogens (primary N) is 1. The molecule has 20 heavy (non-hydrogen) atoms. The van der Waals surface area contributed by atoms with Crippen molar-refractivity contribution in [2.75, 3.05) is 0 Å². The van der Waals surface area contributed by atoms with Crippen LogP contribution in [0.25, 0.3) is 0 Å². The van der Waals surface area contributed by atoms with Gasteiger partial charge in [-0.3, -0.25) is 10.2 Å². The van der Waals surface area contributed by atoms with Gasteiger partial charge in [0.05, 0.1) is 10.8 Å². The summed E-state index contributed by atoms with van der Waals surface area (Å²) in [4.78, 5) is 24.9. The predicted octanol–water partition coefficient (Wildman–Crippen LogP) is -0.212. The number of amides is 1. The van der Waals surface area contributed by atoms with Gasteiger partial charge in [0.15, 0.2) is 10.8 Å². The molecule has 0 unspecified atom stereocenters. The van der Waals surface area contributed by atoms with E-state index in [9.17, 15) is 14.9 Å². The van der Waals surface area contributed by atoms with Crippen molar-refractivity contribution in [3.05, 3.63) is 32.5 Å². The number of nitrogen functional groups attached to an aromatic ring is 1. The van der Waals surface area contributed by atoms with Crippen LogP contribution in [0.3, 0.4) is 0 Å². The highest BCUT2D eigenvalue weighted by Gasteiger charge is 2.25. The lowest BCUT2D eigenvalue weighted by Gasteiger charge is -1.93. The van der Waals surface area contributed by atoms with Crippen LogP contribution in [0.15, 0.2) is 4.52 Å². The molecule has 106 valence electrons. The van der Waals surface area contributed by atoms with E-state index < -0.39 is 16.6 Å². The molecule has 0 spiro atoms. The molecule has 0 radical (unpaired) electrons. The Morgan fingerprint density at radius 2 is 2.35 bits per heavy atom. The van der Waals surface area contributed by atoms with Gasteiger partial charge in [-0.15, -0.1) is 0 Å². The van der Waals surface area contributed by atoms with E-state index in [1.807, 2.05) is 5.43 Å². The SMILES string of the molecule is Cc1c(Cl)c([N+](=O)[O-])nn1Cc1noc(C(=O)NN)n1. The van der Waals surface area contributed by atoms with Crippen molar-refractivity contribution < 1.29 is 14.2 Å². The van der Waals surface area contributed by atoms with E-state index >= 15 is 0 Å². The van der Waals surface area contributed by atoms with Crippen LogP contribution in [-0.2, 0) is 6.54 Å². The number of carbonyl (C=O) groups excluding carboxylic acids is 1. The molecule has 0 aromatic carbocycles. The number of carbonyl (C=O) groups is 1. The fourth-order valence-corrected chi connectivity index (χ4v) is 1.59. The van der Waals surface area contributed by atoms with Gasteiger partial charge in [0.25, 0.3) is 0 Å². The predicted molar refractivity (Wildman–Crippen MR) is 63.7 cm³/mol. The molecule has 2 aromatic rings. The highest BCUT2D eigenvalue weighted by Crippen LogP contribution is 2.26. The van der Waals surface area contributed by atoms with Crippen LogP contribution >= 0.6 is 11.6 Å². The van der Waals surface area contributed by atoms with Crippen molar-refractivity contribution in [3.8, 4) is 0 Å². The Kier molecular flexibility index (Phi) is 3.63. The van der Waals surface area contributed by atoms with Crippen molar-refractivity contribution in [3.63, 3.8) is 0 Å². The van der Waals surface area contributed by atoms with Gasteiger partial charge in [-0.05, 0) is 11.8 Å². The molecule has 0 fully saturated rings. The fourth-order valence-electron chi connectivity index (χ4n) is 1.39. The summed E-state index contributed by atoms with van der Waals surface area (Å²) in [6, 6.07) is 0. The highest BCUT2D eigenvalue weighted by atomic mass is 35.5. The molecule has 12 heteroatoms. The Bertz CT molecular complexity index is 678. The average molecular weight is 302 g/mol. The van der Waals surface area contributed by atoms with Crippen LogP contribution in [-0.4, -0.2) is 30.8 Å². The summed E-state index contributed by atoms with van der Waals surface area (Å²) in [5.74, 6) is 3.47. The molecule has 3 N–H and O–H groups in total. The summed E-state index contributed by atoms with van der Waals surface area (Å²) in [6.07, 6.45) is 0. The van der Waals surface area contributed by atoms with Gasteiger partial charge in [-0.1, -0.05) is 16.8 Å². The number of hydrogen-bond acceptors (Lipinski definition) is 8. The first kappa shape index (κ1) is 13.9. The van der Waals surface area contributed by atoms with E-state index in [1.165, 1.54) is 4.68 Å². The largest absolute Gasteiger partial charge is 0.408 e. The minimum absolute atomic E-state index is 0.0409. The zero-order valence-corrected chi connectivity index (χ0v) is 10.8. The Morgan fingerprint density at radius 3 is 2.90 bits per heavy atom. The molecule has 0 aliphatic rings. The minimum Gasteiger partial charge on any atom is -0.358 e. The zero-order chi connectivity index (χ0) is 14.9. The molecular weight excluding hydrogens is 294 g/mol. The third-order valence-electron chi connectivity index (χ3n) is 2.37. The van der Waals surface area contributed by atoms with Crippen LogP contribution in [0, 0.1) is 17.0 Å². The zero-order valence-electron chi connectivity index (χ0n) is 10.0. The quantitative estimate of drug-likeness (QED) is 0.340. The number of hydrazine groups is 1. The number of nitro groups is 1. The first-order chi connectivity index (χ1) is 9.43. The van der Waals surface area contributed by atoms with E-state index in [0.29, 0.717) is 5.69 Å². The number of nitrogens with zero attached hydrogens (tertiary/aromatic N) is 5. The molecule has 0 aliphatic heterocycles. The van der Waals surface area contributed by atoms with Gasteiger partial charge >= 0.3 is 17.6 Å². The van der Waals surface area contributed by atoms with Crippen molar-refractivity contribution in [1.82, 2.24) is 25.3 Å². The van der Waals surface area contributed by atoms with Crippen molar-refractivity contribution in [2.45, 2.75) is 13.5 Å². The van der Waals surface area contributed by atoms with Crippen molar-refractivity contribution >= 4 is 23.3 Å². The van der Waals surface area contributed by atoms with Crippen LogP contribution in [0.5, 0.6) is 0 Å². The van der Waals surface area contributed by atoms with Gasteiger partial charge in [-0.25, -0.2) is 5.84 Å². The molecule has 2 heterocycles. The number of aromatic nitrogens is 4. The second-order valence-electron chi connectivity index (χ2n) is 3.63. The van der Waals surface area contributed by atoms with Crippen LogP contribution < -0.4 is 11.3 Å². The topological polar surface area (TPSA) is 155 Å². The normalized spacial score (nSPS) is 10.6. The van der Waals surface area contributed by atoms with Crippen LogP contribution in [0.4, 0.5) is 5.82 Å². The summed E-state index contributed by atoms with van der Waals surface area (Å²) in [7, 11) is 0. The maximum atomic E-state index is 11.1. The number of rotatable bonds is 4. The Balaban J connectivity index is 2.26. The summed E-state index contributed by atoms with van der Waals surface area (Å²) in [5.41, 5.74) is 2.20. The lowest BCUT2D eigenvalue weighted by atomic mass is 10.4. The molecule has 11 nitrogen and oxygen atoms in total. The van der Waals surface area contributed by atoms with Crippen molar-refractivity contribution in [1.29, 1.82) is 0 Å². The summed E-state index contributed by atoms with van der Waals surface area (Å²) in [6.45, 7) is 1.51. The Hall–Kier alpha value is -2.53. The van der Waals surface area contributed by atoms with E-state index in [1.54, 1.807) is 6.92 Å². The van der Waals surface area contributed by atoms with Crippen LogP contribution in [0.1, 0.15) is 22.2 Å². The molecule has 0 saturated heterocycles. The maximum Gasteiger partial charge on any atom is 0.408 e. The molecule has 0 atom stereocenters. The molecule has 2 rings (SSSR count). The van der Waals surface area contributed by atoms with Gasteiger partial charge in [0.1, 0.15) is 6.54 Å². The first-order valence-electron chi connectivity index (χ1n) is 5.15. The summed E-state index contributed by atoms with van der Waals surface area (Å²) in [5, 5.41) is 17.9. The molecular formula is C8H8ClN7O4. The smallest absolute Gasteiger partial charge is 0.358 e. The van der Waals surface area contributed by atoms with Gasteiger partial charge in [0.2, 0.25) is 0 Å². The fraction of sp³-hybridized carbons (Fsp3) is 0.250. The minimum atomic E-state index is -0.745. The summed E-state index contributed by atoms with van der Waals surface area (Å²) < 4.78 is 5.88. The van der Waals surface area contributed by atoms with Crippen molar-refractivity contribution in [2.24, 2.45) is 5.84 Å². The van der Waals surface area contributed by atoms with Gasteiger partial charge in [-0.2, -0.15) is 9.67 Å². The Labute approximate surface area is 115 Å². The second-order valence-corrected chi connectivity index (χ2v) is 4.00. The molecule has 0 bridgehead atoms. The standard InChI is InChI=1S/C8H8ClN7O4/c1-3-5(9)6(16(18)19)13-15(3)2-4-11-8(20-14-4)7(17)12-10/h2,10H2,1H3,(H,12,17). The molecule has 2 aromatic heterocycles. The van der Waals surface area contributed by atoms with E-state index in [2.05, 4.69) is 19.8 Å². The summed E-state index contributed by atoms with van der Waals surface area (Å²) >= 11 is 5.78. The molecule has 1 amide bonds. The number of halogens is 1.